The molecule has 0 amide bonds. The lowest BCUT2D eigenvalue weighted by Gasteiger charge is -2.14. The lowest BCUT2D eigenvalue weighted by atomic mass is 10.1. The highest BCUT2D eigenvalue weighted by Gasteiger charge is 2.10. The lowest BCUT2D eigenvalue weighted by molar-refractivity contribution is 0.413. The van der Waals surface area contributed by atoms with Gasteiger partial charge in [0.05, 0.1) is 10.0 Å². The molecule has 2 N–H and O–H groups in total. The van der Waals surface area contributed by atoms with Gasteiger partial charge in [-0.3, -0.25) is 4.99 Å². The fourth-order valence-electron chi connectivity index (χ4n) is 1.80. The summed E-state index contributed by atoms with van der Waals surface area (Å²) in [7, 11) is 0. The van der Waals surface area contributed by atoms with Crippen molar-refractivity contribution in [3.05, 3.63) is 39.2 Å². The van der Waals surface area contributed by atoms with Crippen LogP contribution in [0.3, 0.4) is 0 Å². The maximum absolute atomic E-state index is 5.97. The number of benzene rings is 1. The Hall–Kier alpha value is -1.29. The molecule has 0 saturated carbocycles. The monoisotopic (exact) mass is 338 g/mol. The second kappa shape index (κ2) is 6.44. The molecule has 0 unspecified atom stereocenters. The molecule has 4 heteroatoms. The number of rotatable bonds is 3. The van der Waals surface area contributed by atoms with Crippen molar-refractivity contribution in [1.82, 2.24) is 0 Å². The number of nitrogens with two attached hydrogens (primary N) is 1. The molecule has 1 rings (SSSR count). The SMILES string of the molecule is Cc1cc(C)c(OC(N)=C(Br)C=NC(C)(C)C)c(C)c1. The molecule has 0 atom stereocenters. The maximum Gasteiger partial charge on any atom is 0.206 e. The minimum Gasteiger partial charge on any atom is -0.440 e. The van der Waals surface area contributed by atoms with Crippen LogP contribution in [-0.4, -0.2) is 11.8 Å². The molecule has 0 radical (unpaired) electrons. The number of allylic oxidation sites excluding steroid dienone is 1. The van der Waals surface area contributed by atoms with E-state index in [-0.39, 0.29) is 5.54 Å². The van der Waals surface area contributed by atoms with Gasteiger partial charge in [0.1, 0.15) is 5.75 Å². The van der Waals surface area contributed by atoms with Crippen molar-refractivity contribution >= 4 is 22.1 Å². The van der Waals surface area contributed by atoms with E-state index in [2.05, 4.69) is 40.0 Å². The van der Waals surface area contributed by atoms with Gasteiger partial charge < -0.3 is 10.5 Å². The van der Waals surface area contributed by atoms with Crippen LogP contribution in [0.5, 0.6) is 5.75 Å². The number of aryl methyl sites for hydroxylation is 3. The molecule has 0 aliphatic carbocycles. The summed E-state index contributed by atoms with van der Waals surface area (Å²) in [6.07, 6.45) is 1.69. The molecule has 0 bridgehead atoms. The normalized spacial score (nSPS) is 13.6. The van der Waals surface area contributed by atoms with Crippen LogP contribution in [0.15, 0.2) is 27.5 Å². The van der Waals surface area contributed by atoms with Crippen molar-refractivity contribution in [3.8, 4) is 5.75 Å². The van der Waals surface area contributed by atoms with E-state index in [9.17, 15) is 0 Å². The molecule has 20 heavy (non-hydrogen) atoms. The molecule has 0 aliphatic rings. The topological polar surface area (TPSA) is 47.6 Å². The third-order valence-corrected chi connectivity index (χ3v) is 3.21. The summed E-state index contributed by atoms with van der Waals surface area (Å²) in [5.41, 5.74) is 9.18. The van der Waals surface area contributed by atoms with E-state index >= 15 is 0 Å². The van der Waals surface area contributed by atoms with Gasteiger partial charge in [0.25, 0.3) is 0 Å². The van der Waals surface area contributed by atoms with Gasteiger partial charge in [-0.2, -0.15) is 0 Å². The Morgan fingerprint density at radius 1 is 1.20 bits per heavy atom. The van der Waals surface area contributed by atoms with Crippen LogP contribution in [0.1, 0.15) is 37.5 Å². The zero-order valence-electron chi connectivity index (χ0n) is 13.0. The molecule has 0 saturated heterocycles. The van der Waals surface area contributed by atoms with Crippen LogP contribution in [0.25, 0.3) is 0 Å². The van der Waals surface area contributed by atoms with E-state index in [0.29, 0.717) is 10.4 Å². The first-order chi connectivity index (χ1) is 9.10. The van der Waals surface area contributed by atoms with Crippen molar-refractivity contribution in [2.75, 3.05) is 0 Å². The molecule has 0 aliphatic heterocycles. The predicted octanol–water partition coefficient (Wildman–Crippen LogP) is 4.38. The smallest absolute Gasteiger partial charge is 0.206 e. The molecule has 0 heterocycles. The quantitative estimate of drug-likeness (QED) is 0.656. The Kier molecular flexibility index (Phi) is 5.40. The van der Waals surface area contributed by atoms with Gasteiger partial charge in [0, 0.05) is 6.21 Å². The van der Waals surface area contributed by atoms with Crippen LogP contribution in [-0.2, 0) is 0 Å². The Morgan fingerprint density at radius 2 is 1.70 bits per heavy atom. The maximum atomic E-state index is 5.97. The third kappa shape index (κ3) is 5.00. The highest BCUT2D eigenvalue weighted by molar-refractivity contribution is 9.12. The Labute approximate surface area is 130 Å². The number of aliphatic imine (C=N–C) groups is 1. The molecule has 0 spiro atoms. The van der Waals surface area contributed by atoms with Gasteiger partial charge in [-0.25, -0.2) is 0 Å². The first kappa shape index (κ1) is 16.8. The Balaban J connectivity index is 3.01. The van der Waals surface area contributed by atoms with E-state index in [1.54, 1.807) is 6.21 Å². The second-order valence-electron chi connectivity index (χ2n) is 5.97. The zero-order chi connectivity index (χ0) is 15.5. The van der Waals surface area contributed by atoms with Crippen LogP contribution in [0.4, 0.5) is 0 Å². The Morgan fingerprint density at radius 3 is 2.15 bits per heavy atom. The lowest BCUT2D eigenvalue weighted by Crippen LogP contribution is -2.13. The van der Waals surface area contributed by atoms with Crippen LogP contribution >= 0.6 is 15.9 Å². The van der Waals surface area contributed by atoms with E-state index in [4.69, 9.17) is 10.5 Å². The second-order valence-corrected chi connectivity index (χ2v) is 6.83. The summed E-state index contributed by atoms with van der Waals surface area (Å²) < 4.78 is 6.42. The molecule has 1 aromatic carbocycles. The number of hydrogen-bond acceptors (Lipinski definition) is 3. The Bertz CT molecular complexity index is 531. The van der Waals surface area contributed by atoms with Gasteiger partial charge >= 0.3 is 0 Å². The molecule has 0 aromatic heterocycles. The van der Waals surface area contributed by atoms with Crippen molar-refractivity contribution in [2.45, 2.75) is 47.1 Å². The van der Waals surface area contributed by atoms with Gasteiger partial charge in [-0.05, 0) is 68.6 Å². The summed E-state index contributed by atoms with van der Waals surface area (Å²) in [6.45, 7) is 12.2. The number of halogens is 1. The first-order valence-electron chi connectivity index (χ1n) is 6.56. The highest BCUT2D eigenvalue weighted by Crippen LogP contribution is 2.26. The fraction of sp³-hybridized carbons (Fsp3) is 0.438. The molecule has 110 valence electrons. The average molecular weight is 339 g/mol. The van der Waals surface area contributed by atoms with Crippen LogP contribution in [0, 0.1) is 20.8 Å². The minimum absolute atomic E-state index is 0.144. The van der Waals surface area contributed by atoms with Crippen molar-refractivity contribution in [1.29, 1.82) is 0 Å². The minimum atomic E-state index is -0.144. The summed E-state index contributed by atoms with van der Waals surface area (Å²) in [5, 5.41) is 0. The molecular formula is C16H23BrN2O. The summed E-state index contributed by atoms with van der Waals surface area (Å²) in [6, 6.07) is 4.15. The van der Waals surface area contributed by atoms with Gasteiger partial charge in [-0.15, -0.1) is 0 Å². The number of nitrogens with zero attached hydrogens (tertiary/aromatic N) is 1. The standard InChI is InChI=1S/C16H23BrN2O/c1-10-7-11(2)14(12(3)8-10)20-15(18)13(17)9-19-16(4,5)6/h7-9H,18H2,1-6H3. The average Bonchev–Trinajstić information content (AvgIpc) is 2.29. The van der Waals surface area contributed by atoms with E-state index < -0.39 is 0 Å². The zero-order valence-corrected chi connectivity index (χ0v) is 14.6. The first-order valence-corrected chi connectivity index (χ1v) is 7.35. The number of hydrogen-bond donors (Lipinski definition) is 1. The van der Waals surface area contributed by atoms with Crippen molar-refractivity contribution in [2.24, 2.45) is 10.7 Å². The van der Waals surface area contributed by atoms with Crippen molar-refractivity contribution < 1.29 is 4.74 Å². The summed E-state index contributed by atoms with van der Waals surface area (Å²) in [4.78, 5) is 4.39. The van der Waals surface area contributed by atoms with Crippen LogP contribution in [0.2, 0.25) is 0 Å². The van der Waals surface area contributed by atoms with E-state index in [1.165, 1.54) is 5.56 Å². The largest absolute Gasteiger partial charge is 0.440 e. The molecule has 3 nitrogen and oxygen atoms in total. The van der Waals surface area contributed by atoms with Gasteiger partial charge in [-0.1, -0.05) is 17.7 Å². The predicted molar refractivity (Wildman–Crippen MR) is 89.7 cm³/mol. The van der Waals surface area contributed by atoms with E-state index in [1.807, 2.05) is 34.6 Å². The molecule has 1 aromatic rings. The van der Waals surface area contributed by atoms with Gasteiger partial charge in [0.15, 0.2) is 0 Å². The summed E-state index contributed by atoms with van der Waals surface area (Å²) in [5.74, 6) is 1.11. The van der Waals surface area contributed by atoms with Crippen LogP contribution < -0.4 is 10.5 Å². The highest BCUT2D eigenvalue weighted by atomic mass is 79.9. The molecule has 0 fully saturated rings. The number of ether oxygens (including phenoxy) is 1. The fourth-order valence-corrected chi connectivity index (χ4v) is 1.98. The van der Waals surface area contributed by atoms with Gasteiger partial charge in [0.2, 0.25) is 5.88 Å². The van der Waals surface area contributed by atoms with Crippen molar-refractivity contribution in [3.63, 3.8) is 0 Å². The summed E-state index contributed by atoms with van der Waals surface area (Å²) >= 11 is 3.40. The third-order valence-electron chi connectivity index (χ3n) is 2.62. The van der Waals surface area contributed by atoms with E-state index in [0.717, 1.165) is 16.9 Å². The molecular weight excluding hydrogens is 316 g/mol.